The normalized spacial score (nSPS) is 26.0. The van der Waals surface area contributed by atoms with Crippen LogP contribution in [0.1, 0.15) is 6.42 Å². The quantitative estimate of drug-likeness (QED) is 0.572. The Hall–Kier alpha value is -0.160. The molecule has 1 fully saturated rings. The highest BCUT2D eigenvalue weighted by molar-refractivity contribution is 4.75. The minimum Gasteiger partial charge on any atom is -0.378 e. The molecule has 0 aromatic rings. The largest absolute Gasteiger partial charge is 0.378 e. The first kappa shape index (κ1) is 9.92. The lowest BCUT2D eigenvalue weighted by Crippen LogP contribution is -2.48. The molecule has 4 N–H and O–H groups in total. The Morgan fingerprint density at radius 2 is 2.17 bits per heavy atom. The molecule has 1 unspecified atom stereocenters. The number of nitrogens with two attached hydrogens (primary N) is 2. The summed E-state index contributed by atoms with van der Waals surface area (Å²) in [4.78, 5) is 2.37. The smallest absolute Gasteiger partial charge is 0.0623 e. The monoisotopic (exact) mass is 173 g/mol. The fraction of sp³-hybridized carbons (Fsp3) is 1.00. The van der Waals surface area contributed by atoms with Crippen LogP contribution >= 0.6 is 0 Å². The van der Waals surface area contributed by atoms with Gasteiger partial charge in [-0.05, 0) is 13.0 Å². The van der Waals surface area contributed by atoms with E-state index in [1.165, 1.54) is 0 Å². The zero-order valence-electron chi connectivity index (χ0n) is 7.54. The molecule has 0 aliphatic carbocycles. The van der Waals surface area contributed by atoms with Crippen molar-refractivity contribution in [2.24, 2.45) is 11.5 Å². The third kappa shape index (κ3) is 2.71. The van der Waals surface area contributed by atoms with Crippen LogP contribution in [0.4, 0.5) is 0 Å². The van der Waals surface area contributed by atoms with Crippen molar-refractivity contribution in [3.8, 4) is 0 Å². The molecule has 1 aliphatic heterocycles. The molecule has 0 radical (unpaired) electrons. The topological polar surface area (TPSA) is 64.5 Å². The van der Waals surface area contributed by atoms with Crippen LogP contribution in [-0.4, -0.2) is 50.3 Å². The second kappa shape index (κ2) is 5.48. The minimum atomic E-state index is 0.493. The van der Waals surface area contributed by atoms with Gasteiger partial charge in [-0.2, -0.15) is 0 Å². The Balaban J connectivity index is 2.31. The first-order valence-corrected chi connectivity index (χ1v) is 4.60. The number of nitrogens with zero attached hydrogens (tertiary/aromatic N) is 1. The van der Waals surface area contributed by atoms with Crippen LogP contribution < -0.4 is 11.5 Å². The number of morpholine rings is 1. The highest BCUT2D eigenvalue weighted by Crippen LogP contribution is 2.08. The molecule has 1 atom stereocenters. The van der Waals surface area contributed by atoms with Gasteiger partial charge in [0.1, 0.15) is 0 Å². The maximum absolute atomic E-state index is 5.50. The number of hydrogen-bond donors (Lipinski definition) is 2. The summed E-state index contributed by atoms with van der Waals surface area (Å²) in [6.45, 7) is 5.07. The van der Waals surface area contributed by atoms with Crippen LogP contribution in [0, 0.1) is 0 Å². The third-order valence-electron chi connectivity index (χ3n) is 2.27. The number of ether oxygens (including phenoxy) is 1. The summed E-state index contributed by atoms with van der Waals surface area (Å²) in [5.41, 5.74) is 11.0. The van der Waals surface area contributed by atoms with Crippen LogP contribution in [0.15, 0.2) is 0 Å². The third-order valence-corrected chi connectivity index (χ3v) is 2.27. The van der Waals surface area contributed by atoms with E-state index in [0.717, 1.165) is 45.8 Å². The summed E-state index contributed by atoms with van der Waals surface area (Å²) < 4.78 is 5.37. The Morgan fingerprint density at radius 1 is 1.33 bits per heavy atom. The van der Waals surface area contributed by atoms with Gasteiger partial charge < -0.3 is 16.2 Å². The van der Waals surface area contributed by atoms with Gasteiger partial charge in [0.25, 0.3) is 0 Å². The summed E-state index contributed by atoms with van der Waals surface area (Å²) >= 11 is 0. The lowest BCUT2D eigenvalue weighted by molar-refractivity contribution is -0.00777. The maximum atomic E-state index is 5.50. The predicted octanol–water partition coefficient (Wildman–Crippen LogP) is -1.01. The summed E-state index contributed by atoms with van der Waals surface area (Å²) in [5.74, 6) is 0. The zero-order chi connectivity index (χ0) is 8.81. The Labute approximate surface area is 73.8 Å². The molecule has 0 bridgehead atoms. The van der Waals surface area contributed by atoms with Gasteiger partial charge >= 0.3 is 0 Å². The zero-order valence-corrected chi connectivity index (χ0v) is 7.54. The molecule has 72 valence electrons. The van der Waals surface area contributed by atoms with Crippen LogP contribution in [0.25, 0.3) is 0 Å². The first-order chi connectivity index (χ1) is 5.88. The summed E-state index contributed by atoms with van der Waals surface area (Å²) in [7, 11) is 0. The Kier molecular flexibility index (Phi) is 4.53. The van der Waals surface area contributed by atoms with Crippen molar-refractivity contribution in [3.63, 3.8) is 0 Å². The average molecular weight is 173 g/mol. The fourth-order valence-electron chi connectivity index (χ4n) is 1.61. The summed E-state index contributed by atoms with van der Waals surface area (Å²) in [5, 5.41) is 0. The number of hydrogen-bond acceptors (Lipinski definition) is 4. The molecule has 4 heteroatoms. The fourth-order valence-corrected chi connectivity index (χ4v) is 1.61. The molecule has 0 amide bonds. The van der Waals surface area contributed by atoms with Gasteiger partial charge in [-0.3, -0.25) is 4.90 Å². The van der Waals surface area contributed by atoms with E-state index in [1.54, 1.807) is 0 Å². The van der Waals surface area contributed by atoms with E-state index in [9.17, 15) is 0 Å². The Bertz CT molecular complexity index is 103. The molecule has 12 heavy (non-hydrogen) atoms. The van der Waals surface area contributed by atoms with Crippen molar-refractivity contribution in [1.82, 2.24) is 4.90 Å². The van der Waals surface area contributed by atoms with E-state index in [4.69, 9.17) is 16.2 Å². The second-order valence-corrected chi connectivity index (χ2v) is 3.13. The molecule has 0 saturated carbocycles. The molecule has 1 rings (SSSR count). The van der Waals surface area contributed by atoms with Crippen molar-refractivity contribution in [2.75, 3.05) is 39.4 Å². The van der Waals surface area contributed by atoms with Gasteiger partial charge in [-0.1, -0.05) is 0 Å². The van der Waals surface area contributed by atoms with Crippen molar-refractivity contribution in [3.05, 3.63) is 0 Å². The van der Waals surface area contributed by atoms with E-state index in [-0.39, 0.29) is 0 Å². The highest BCUT2D eigenvalue weighted by Gasteiger charge is 2.20. The van der Waals surface area contributed by atoms with Gasteiger partial charge in [0.15, 0.2) is 0 Å². The van der Waals surface area contributed by atoms with Crippen molar-refractivity contribution >= 4 is 0 Å². The highest BCUT2D eigenvalue weighted by atomic mass is 16.5. The van der Waals surface area contributed by atoms with Crippen LogP contribution in [0.5, 0.6) is 0 Å². The van der Waals surface area contributed by atoms with E-state index in [1.807, 2.05) is 0 Å². The minimum absolute atomic E-state index is 0.493. The van der Waals surface area contributed by atoms with Crippen LogP contribution in [0.2, 0.25) is 0 Å². The standard InChI is InChI=1S/C8H19N3O/c9-2-1-8-7-12-6-5-11(8)4-3-10/h8H,1-7,9-10H2. The van der Waals surface area contributed by atoms with Gasteiger partial charge in [0.05, 0.1) is 13.2 Å². The number of rotatable bonds is 4. The van der Waals surface area contributed by atoms with E-state index in [2.05, 4.69) is 4.90 Å². The maximum Gasteiger partial charge on any atom is 0.0623 e. The summed E-state index contributed by atoms with van der Waals surface area (Å²) in [6.07, 6.45) is 1.01. The van der Waals surface area contributed by atoms with Crippen LogP contribution in [0.3, 0.4) is 0 Å². The SMILES string of the molecule is NCCC1COCCN1CCN. The first-order valence-electron chi connectivity index (χ1n) is 4.60. The second-order valence-electron chi connectivity index (χ2n) is 3.13. The van der Waals surface area contributed by atoms with Gasteiger partial charge in [-0.15, -0.1) is 0 Å². The molecule has 4 nitrogen and oxygen atoms in total. The van der Waals surface area contributed by atoms with E-state index < -0.39 is 0 Å². The summed E-state index contributed by atoms with van der Waals surface area (Å²) in [6, 6.07) is 0.493. The van der Waals surface area contributed by atoms with Crippen molar-refractivity contribution in [2.45, 2.75) is 12.5 Å². The van der Waals surface area contributed by atoms with Crippen LogP contribution in [-0.2, 0) is 4.74 Å². The molecule has 1 aliphatic rings. The lowest BCUT2D eigenvalue weighted by Gasteiger charge is -2.35. The molecular weight excluding hydrogens is 154 g/mol. The van der Waals surface area contributed by atoms with E-state index >= 15 is 0 Å². The lowest BCUT2D eigenvalue weighted by atomic mass is 10.1. The molecule has 0 aromatic carbocycles. The van der Waals surface area contributed by atoms with E-state index in [0.29, 0.717) is 6.04 Å². The van der Waals surface area contributed by atoms with Gasteiger partial charge in [0.2, 0.25) is 0 Å². The van der Waals surface area contributed by atoms with Crippen molar-refractivity contribution in [1.29, 1.82) is 0 Å². The van der Waals surface area contributed by atoms with Crippen molar-refractivity contribution < 1.29 is 4.74 Å². The predicted molar refractivity (Wildman–Crippen MR) is 48.9 cm³/mol. The Morgan fingerprint density at radius 3 is 2.83 bits per heavy atom. The molecule has 0 aromatic heterocycles. The molecular formula is C8H19N3O. The van der Waals surface area contributed by atoms with Gasteiger partial charge in [0, 0.05) is 25.7 Å². The average Bonchev–Trinajstić information content (AvgIpc) is 2.09. The molecule has 0 spiro atoms. The molecule has 1 saturated heterocycles. The van der Waals surface area contributed by atoms with Gasteiger partial charge in [-0.25, -0.2) is 0 Å². The molecule has 1 heterocycles.